The van der Waals surface area contributed by atoms with Crippen molar-refractivity contribution in [3.8, 4) is 0 Å². The third kappa shape index (κ3) is 8.83. The molecule has 0 spiro atoms. The van der Waals surface area contributed by atoms with E-state index < -0.39 is 17.9 Å². The number of nitrogens with zero attached hydrogens (tertiary/aromatic N) is 2. The van der Waals surface area contributed by atoms with Gasteiger partial charge in [0.15, 0.2) is 0 Å². The molecule has 0 fully saturated rings. The first-order chi connectivity index (χ1) is 14.4. The van der Waals surface area contributed by atoms with E-state index in [1.165, 1.54) is 9.80 Å². The van der Waals surface area contributed by atoms with Crippen molar-refractivity contribution in [3.05, 3.63) is 59.7 Å². The van der Waals surface area contributed by atoms with Crippen LogP contribution in [0.1, 0.15) is 17.0 Å². The molecule has 0 aliphatic heterocycles. The van der Waals surface area contributed by atoms with Crippen molar-refractivity contribution < 1.29 is 14.4 Å². The Hall–Kier alpha value is -3.30. The first-order valence-corrected chi connectivity index (χ1v) is 9.61. The Bertz CT molecular complexity index is 886. The normalized spacial score (nSPS) is 11.7. The van der Waals surface area contributed by atoms with Gasteiger partial charge in [0.2, 0.25) is 17.7 Å². The van der Waals surface area contributed by atoms with E-state index in [-0.39, 0.29) is 24.2 Å². The number of nitrogens with two attached hydrogens (primary N) is 4. The van der Waals surface area contributed by atoms with Crippen LogP contribution < -0.4 is 22.9 Å². The van der Waals surface area contributed by atoms with Gasteiger partial charge in [-0.2, -0.15) is 0 Å². The lowest BCUT2D eigenvalue weighted by Crippen LogP contribution is -2.41. The number of hydrogen-bond donors (Lipinski definition) is 4. The molecule has 176 valence electrons. The van der Waals surface area contributed by atoms with E-state index in [1.807, 2.05) is 24.3 Å². The summed E-state index contributed by atoms with van der Waals surface area (Å²) in [5.74, 6) is -2.01. The van der Waals surface area contributed by atoms with Crippen LogP contribution in [0.2, 0.25) is 0 Å². The monoisotopic (exact) mass is 464 g/mol. The van der Waals surface area contributed by atoms with E-state index in [2.05, 4.69) is 0 Å². The van der Waals surface area contributed by atoms with Crippen LogP contribution >= 0.6 is 12.4 Å². The van der Waals surface area contributed by atoms with Crippen LogP contribution in [0.15, 0.2) is 48.5 Å². The summed E-state index contributed by atoms with van der Waals surface area (Å²) in [5, 5.41) is 0. The quantitative estimate of drug-likeness (QED) is 0.361. The second-order valence-electron chi connectivity index (χ2n) is 7.52. The molecule has 2 aromatic rings. The zero-order valence-electron chi connectivity index (χ0n) is 18.8. The van der Waals surface area contributed by atoms with Gasteiger partial charge in [-0.25, -0.2) is 0 Å². The van der Waals surface area contributed by atoms with Crippen molar-refractivity contribution in [1.82, 2.24) is 9.80 Å². The number of nitrogen functional groups attached to an aromatic ring is 2. The van der Waals surface area contributed by atoms with Crippen molar-refractivity contribution >= 4 is 41.5 Å². The minimum atomic E-state index is -0.949. The maximum absolute atomic E-state index is 11.8. The van der Waals surface area contributed by atoms with Crippen LogP contribution in [0.4, 0.5) is 11.4 Å². The van der Waals surface area contributed by atoms with E-state index in [9.17, 15) is 14.4 Å². The molecule has 0 heterocycles. The van der Waals surface area contributed by atoms with Crippen LogP contribution in [0.3, 0.4) is 0 Å². The Morgan fingerprint density at radius 2 is 1.19 bits per heavy atom. The SMILES string of the molecule is CN(C)C(=O)C(C(N)=O)c1ccc(N)cc1.CN(C)C(=O)[C@@H](N)Cc1ccc(N)cc1.Cl. The van der Waals surface area contributed by atoms with E-state index in [1.54, 1.807) is 52.5 Å². The van der Waals surface area contributed by atoms with Crippen LogP contribution in [0, 0.1) is 0 Å². The Morgan fingerprint density at radius 1 is 0.781 bits per heavy atom. The van der Waals surface area contributed by atoms with Gasteiger partial charge in [-0.3, -0.25) is 14.4 Å². The lowest BCUT2D eigenvalue weighted by atomic mass is 9.97. The van der Waals surface area contributed by atoms with Gasteiger partial charge in [0.1, 0.15) is 5.92 Å². The highest BCUT2D eigenvalue weighted by Gasteiger charge is 2.27. The van der Waals surface area contributed by atoms with E-state index >= 15 is 0 Å². The van der Waals surface area contributed by atoms with Gasteiger partial charge in [0, 0.05) is 39.6 Å². The minimum absolute atomic E-state index is 0. The average Bonchev–Trinajstić information content (AvgIpc) is 2.70. The number of rotatable bonds is 6. The lowest BCUT2D eigenvalue weighted by Gasteiger charge is -2.18. The second-order valence-corrected chi connectivity index (χ2v) is 7.52. The number of anilines is 2. The molecule has 0 aliphatic rings. The maximum atomic E-state index is 11.8. The molecule has 8 N–H and O–H groups in total. The van der Waals surface area contributed by atoms with Crippen LogP contribution in [-0.2, 0) is 20.8 Å². The molecule has 0 aromatic heterocycles. The molecular formula is C22H33ClN6O3. The van der Waals surface area contributed by atoms with Crippen LogP contribution in [-0.4, -0.2) is 61.8 Å². The Labute approximate surface area is 195 Å². The molecule has 2 atom stereocenters. The number of primary amides is 1. The summed E-state index contributed by atoms with van der Waals surface area (Å²) < 4.78 is 0. The molecule has 9 nitrogen and oxygen atoms in total. The Morgan fingerprint density at radius 3 is 1.56 bits per heavy atom. The number of hydrogen-bond acceptors (Lipinski definition) is 6. The van der Waals surface area contributed by atoms with Gasteiger partial charge < -0.3 is 32.7 Å². The number of likely N-dealkylation sites (N-methyl/N-ethyl adjacent to an activating group) is 2. The summed E-state index contributed by atoms with van der Waals surface area (Å²) in [6, 6.07) is 13.4. The molecule has 0 bridgehead atoms. The zero-order valence-corrected chi connectivity index (χ0v) is 19.6. The fourth-order valence-corrected chi connectivity index (χ4v) is 2.70. The fraction of sp³-hybridized carbons (Fsp3) is 0.318. The van der Waals surface area contributed by atoms with Gasteiger partial charge in [-0.15, -0.1) is 12.4 Å². The molecule has 0 saturated heterocycles. The summed E-state index contributed by atoms with van der Waals surface area (Å²) >= 11 is 0. The maximum Gasteiger partial charge on any atom is 0.239 e. The number of benzene rings is 2. The summed E-state index contributed by atoms with van der Waals surface area (Å²) in [6.45, 7) is 0. The number of carbonyl (C=O) groups is 3. The first kappa shape index (κ1) is 28.7. The number of carbonyl (C=O) groups excluding carboxylic acids is 3. The average molecular weight is 465 g/mol. The van der Waals surface area contributed by atoms with Gasteiger partial charge in [0.25, 0.3) is 0 Å². The highest BCUT2D eigenvalue weighted by molar-refractivity contribution is 6.04. The van der Waals surface area contributed by atoms with Crippen molar-refractivity contribution in [2.75, 3.05) is 39.7 Å². The molecule has 3 amide bonds. The molecule has 10 heteroatoms. The largest absolute Gasteiger partial charge is 0.399 e. The van der Waals surface area contributed by atoms with Gasteiger partial charge in [-0.05, 0) is 41.8 Å². The topological polar surface area (TPSA) is 162 Å². The molecular weight excluding hydrogens is 432 g/mol. The highest BCUT2D eigenvalue weighted by Crippen LogP contribution is 2.18. The predicted molar refractivity (Wildman–Crippen MR) is 130 cm³/mol. The summed E-state index contributed by atoms with van der Waals surface area (Å²) in [6.07, 6.45) is 0.539. The lowest BCUT2D eigenvalue weighted by molar-refractivity contribution is -0.135. The third-order valence-electron chi connectivity index (χ3n) is 4.44. The van der Waals surface area contributed by atoms with Crippen molar-refractivity contribution in [2.24, 2.45) is 11.5 Å². The Balaban J connectivity index is 0.000000584. The fourth-order valence-electron chi connectivity index (χ4n) is 2.70. The Kier molecular flexibility index (Phi) is 11.8. The van der Waals surface area contributed by atoms with Gasteiger partial charge in [-0.1, -0.05) is 24.3 Å². The molecule has 2 rings (SSSR count). The molecule has 0 saturated carbocycles. The van der Waals surface area contributed by atoms with Gasteiger partial charge in [0.05, 0.1) is 6.04 Å². The predicted octanol–water partition coefficient (Wildman–Crippen LogP) is 0.575. The first-order valence-electron chi connectivity index (χ1n) is 9.61. The minimum Gasteiger partial charge on any atom is -0.399 e. The third-order valence-corrected chi connectivity index (χ3v) is 4.44. The zero-order chi connectivity index (χ0) is 23.7. The van der Waals surface area contributed by atoms with Crippen LogP contribution in [0.25, 0.3) is 0 Å². The van der Waals surface area contributed by atoms with E-state index in [0.29, 0.717) is 23.4 Å². The molecule has 0 aliphatic carbocycles. The van der Waals surface area contributed by atoms with Crippen molar-refractivity contribution in [2.45, 2.75) is 18.4 Å². The van der Waals surface area contributed by atoms with Crippen LogP contribution in [0.5, 0.6) is 0 Å². The highest BCUT2D eigenvalue weighted by atomic mass is 35.5. The molecule has 1 unspecified atom stereocenters. The van der Waals surface area contributed by atoms with E-state index in [0.717, 1.165) is 5.56 Å². The molecule has 2 aromatic carbocycles. The smallest absolute Gasteiger partial charge is 0.239 e. The molecule has 32 heavy (non-hydrogen) atoms. The van der Waals surface area contributed by atoms with Crippen molar-refractivity contribution in [1.29, 1.82) is 0 Å². The number of halogens is 1. The molecule has 0 radical (unpaired) electrons. The summed E-state index contributed by atoms with van der Waals surface area (Å²) in [4.78, 5) is 37.4. The summed E-state index contributed by atoms with van der Waals surface area (Å²) in [7, 11) is 6.56. The number of amides is 3. The summed E-state index contributed by atoms with van der Waals surface area (Å²) in [5.41, 5.74) is 24.9. The van der Waals surface area contributed by atoms with E-state index in [4.69, 9.17) is 22.9 Å². The van der Waals surface area contributed by atoms with Crippen molar-refractivity contribution in [3.63, 3.8) is 0 Å². The van der Waals surface area contributed by atoms with Gasteiger partial charge >= 0.3 is 0 Å². The standard InChI is InChI=1S/C11H15N3O2.C11H17N3O.ClH/c1-14(2)11(16)9(10(13)15)7-3-5-8(12)6-4-7;1-14(2)11(15)10(13)7-8-3-5-9(12)6-4-8;/h3-6,9H,12H2,1-2H3,(H2,13,15);3-6,10H,7,12-13H2,1-2H3;1H/t;10-;/m.0./s1. The second kappa shape index (κ2) is 13.2.